The minimum Gasteiger partial charge on any atom is -0.374 e. The molecule has 0 bridgehead atoms. The summed E-state index contributed by atoms with van der Waals surface area (Å²) in [6, 6.07) is 8.52. The van der Waals surface area contributed by atoms with Crippen molar-refractivity contribution < 1.29 is 4.74 Å². The number of benzene rings is 1. The van der Waals surface area contributed by atoms with Crippen molar-refractivity contribution in [2.24, 2.45) is 0 Å². The van der Waals surface area contributed by atoms with Crippen LogP contribution in [0.15, 0.2) is 36.7 Å². The van der Waals surface area contributed by atoms with Crippen molar-refractivity contribution in [1.82, 2.24) is 10.3 Å². The second-order valence-electron chi connectivity index (χ2n) is 5.87. The second kappa shape index (κ2) is 7.01. The number of aromatic nitrogens is 1. The Labute approximate surface area is 127 Å². The number of fused-ring (bicyclic) bond motifs is 1. The van der Waals surface area contributed by atoms with Crippen molar-refractivity contribution in [1.29, 1.82) is 0 Å². The van der Waals surface area contributed by atoms with E-state index in [1.54, 1.807) is 0 Å². The topological polar surface area (TPSA) is 34.2 Å². The van der Waals surface area contributed by atoms with Crippen LogP contribution in [0.3, 0.4) is 0 Å². The zero-order valence-electron chi connectivity index (χ0n) is 13.5. The number of rotatable bonds is 7. The van der Waals surface area contributed by atoms with E-state index in [9.17, 15) is 0 Å². The summed E-state index contributed by atoms with van der Waals surface area (Å²) in [7, 11) is 0. The Morgan fingerprint density at radius 1 is 1.19 bits per heavy atom. The molecule has 0 spiro atoms. The highest BCUT2D eigenvalue weighted by atomic mass is 16.5. The molecule has 0 aliphatic carbocycles. The Balaban J connectivity index is 2.48. The van der Waals surface area contributed by atoms with Crippen LogP contribution in [-0.4, -0.2) is 23.7 Å². The Morgan fingerprint density at radius 2 is 1.95 bits per heavy atom. The number of ether oxygens (including phenoxy) is 1. The molecule has 0 fully saturated rings. The summed E-state index contributed by atoms with van der Waals surface area (Å²) in [4.78, 5) is 4.42. The van der Waals surface area contributed by atoms with Gasteiger partial charge >= 0.3 is 0 Å². The lowest BCUT2D eigenvalue weighted by Crippen LogP contribution is -2.42. The fourth-order valence-corrected chi connectivity index (χ4v) is 2.84. The van der Waals surface area contributed by atoms with Gasteiger partial charge in [-0.05, 0) is 44.7 Å². The fourth-order valence-electron chi connectivity index (χ4n) is 2.84. The van der Waals surface area contributed by atoms with E-state index in [1.807, 2.05) is 19.3 Å². The molecule has 114 valence electrons. The first-order valence-electron chi connectivity index (χ1n) is 7.80. The highest BCUT2D eigenvalue weighted by Gasteiger charge is 2.32. The summed E-state index contributed by atoms with van der Waals surface area (Å²) < 4.78 is 6.00. The van der Waals surface area contributed by atoms with Crippen LogP contribution in [0.5, 0.6) is 0 Å². The van der Waals surface area contributed by atoms with E-state index in [0.29, 0.717) is 6.61 Å². The fraction of sp³-hybridized carbons (Fsp3) is 0.500. The Bertz CT molecular complexity index is 575. The van der Waals surface area contributed by atoms with Gasteiger partial charge in [-0.3, -0.25) is 4.98 Å². The molecule has 0 saturated carbocycles. The molecule has 0 amide bonds. The molecule has 2 rings (SSSR count). The van der Waals surface area contributed by atoms with Crippen molar-refractivity contribution in [3.8, 4) is 0 Å². The van der Waals surface area contributed by atoms with Gasteiger partial charge < -0.3 is 10.1 Å². The SMILES string of the molecule is CCCNC(c1cncc2ccccc12)C(C)(C)OCC. The molecule has 1 atom stereocenters. The smallest absolute Gasteiger partial charge is 0.0821 e. The van der Waals surface area contributed by atoms with Crippen LogP contribution in [-0.2, 0) is 4.74 Å². The van der Waals surface area contributed by atoms with E-state index >= 15 is 0 Å². The standard InChI is InChI=1S/C18H26N2O/c1-5-11-20-17(18(3,4)21-6-2)16-13-19-12-14-9-7-8-10-15(14)16/h7-10,12-13,17,20H,5-6,11H2,1-4H3. The molecule has 21 heavy (non-hydrogen) atoms. The first-order valence-corrected chi connectivity index (χ1v) is 7.80. The molecule has 1 aromatic carbocycles. The molecule has 0 aliphatic rings. The maximum absolute atomic E-state index is 6.00. The van der Waals surface area contributed by atoms with Crippen LogP contribution in [0.2, 0.25) is 0 Å². The van der Waals surface area contributed by atoms with Gasteiger partial charge in [0.05, 0.1) is 11.6 Å². The van der Waals surface area contributed by atoms with Crippen LogP contribution in [0, 0.1) is 0 Å². The number of pyridine rings is 1. The lowest BCUT2D eigenvalue weighted by Gasteiger charge is -2.35. The van der Waals surface area contributed by atoms with Gasteiger partial charge in [0.15, 0.2) is 0 Å². The summed E-state index contributed by atoms with van der Waals surface area (Å²) in [6.07, 6.45) is 4.98. The third kappa shape index (κ3) is 3.60. The van der Waals surface area contributed by atoms with Crippen molar-refractivity contribution in [2.75, 3.05) is 13.2 Å². The maximum Gasteiger partial charge on any atom is 0.0821 e. The van der Waals surface area contributed by atoms with Gasteiger partial charge in [0, 0.05) is 24.4 Å². The van der Waals surface area contributed by atoms with Gasteiger partial charge in [-0.2, -0.15) is 0 Å². The monoisotopic (exact) mass is 286 g/mol. The van der Waals surface area contributed by atoms with Gasteiger partial charge in [0.1, 0.15) is 0 Å². The molecule has 0 saturated heterocycles. The molecular weight excluding hydrogens is 260 g/mol. The first kappa shape index (κ1) is 15.9. The molecule has 0 radical (unpaired) electrons. The molecule has 2 aromatic rings. The zero-order chi connectivity index (χ0) is 15.3. The third-order valence-corrected chi connectivity index (χ3v) is 3.82. The predicted molar refractivity (Wildman–Crippen MR) is 88.5 cm³/mol. The first-order chi connectivity index (χ1) is 10.1. The van der Waals surface area contributed by atoms with Crippen molar-refractivity contribution in [3.63, 3.8) is 0 Å². The van der Waals surface area contributed by atoms with Gasteiger partial charge in [-0.25, -0.2) is 0 Å². The molecule has 1 N–H and O–H groups in total. The molecule has 0 aliphatic heterocycles. The summed E-state index contributed by atoms with van der Waals surface area (Å²) >= 11 is 0. The number of hydrogen-bond acceptors (Lipinski definition) is 3. The molecule has 3 heteroatoms. The minimum atomic E-state index is -0.282. The summed E-state index contributed by atoms with van der Waals surface area (Å²) in [5, 5.41) is 6.05. The van der Waals surface area contributed by atoms with Crippen molar-refractivity contribution >= 4 is 10.8 Å². The second-order valence-corrected chi connectivity index (χ2v) is 5.87. The van der Waals surface area contributed by atoms with Gasteiger partial charge in [0.2, 0.25) is 0 Å². The van der Waals surface area contributed by atoms with Crippen LogP contribution < -0.4 is 5.32 Å². The Kier molecular flexibility index (Phi) is 5.32. The van der Waals surface area contributed by atoms with Gasteiger partial charge in [0.25, 0.3) is 0 Å². The van der Waals surface area contributed by atoms with E-state index in [0.717, 1.165) is 13.0 Å². The third-order valence-electron chi connectivity index (χ3n) is 3.82. The average molecular weight is 286 g/mol. The quantitative estimate of drug-likeness (QED) is 0.832. The normalized spacial score (nSPS) is 13.5. The van der Waals surface area contributed by atoms with E-state index in [4.69, 9.17) is 4.74 Å². The molecule has 1 aromatic heterocycles. The van der Waals surface area contributed by atoms with E-state index in [1.165, 1.54) is 16.3 Å². The summed E-state index contributed by atoms with van der Waals surface area (Å²) in [5.74, 6) is 0. The highest BCUT2D eigenvalue weighted by Crippen LogP contribution is 2.33. The predicted octanol–water partition coefficient (Wildman–Crippen LogP) is 4.09. The minimum absolute atomic E-state index is 0.121. The largest absolute Gasteiger partial charge is 0.374 e. The zero-order valence-corrected chi connectivity index (χ0v) is 13.5. The Morgan fingerprint density at radius 3 is 2.67 bits per heavy atom. The van der Waals surface area contributed by atoms with E-state index < -0.39 is 0 Å². The van der Waals surface area contributed by atoms with Gasteiger partial charge in [-0.1, -0.05) is 31.2 Å². The van der Waals surface area contributed by atoms with Crippen LogP contribution in [0.1, 0.15) is 45.7 Å². The Hall–Kier alpha value is -1.45. The van der Waals surface area contributed by atoms with Crippen molar-refractivity contribution in [2.45, 2.75) is 45.8 Å². The lowest BCUT2D eigenvalue weighted by molar-refractivity contribution is -0.0389. The molecule has 1 heterocycles. The average Bonchev–Trinajstić information content (AvgIpc) is 2.47. The summed E-state index contributed by atoms with van der Waals surface area (Å²) in [6.45, 7) is 10.2. The van der Waals surface area contributed by atoms with E-state index in [2.05, 4.69) is 55.3 Å². The van der Waals surface area contributed by atoms with Gasteiger partial charge in [-0.15, -0.1) is 0 Å². The number of hydrogen-bond donors (Lipinski definition) is 1. The van der Waals surface area contributed by atoms with Crippen molar-refractivity contribution in [3.05, 3.63) is 42.2 Å². The lowest BCUT2D eigenvalue weighted by atomic mass is 9.89. The maximum atomic E-state index is 6.00. The number of nitrogens with zero attached hydrogens (tertiary/aromatic N) is 1. The molecule has 3 nitrogen and oxygen atoms in total. The molecular formula is C18H26N2O. The van der Waals surface area contributed by atoms with E-state index in [-0.39, 0.29) is 11.6 Å². The van der Waals surface area contributed by atoms with Crippen LogP contribution in [0.4, 0.5) is 0 Å². The van der Waals surface area contributed by atoms with Crippen LogP contribution >= 0.6 is 0 Å². The highest BCUT2D eigenvalue weighted by molar-refractivity contribution is 5.85. The van der Waals surface area contributed by atoms with Crippen LogP contribution in [0.25, 0.3) is 10.8 Å². The summed E-state index contributed by atoms with van der Waals surface area (Å²) in [5.41, 5.74) is 0.926. The molecule has 1 unspecified atom stereocenters. The number of nitrogens with one attached hydrogen (secondary N) is 1.